The molecule has 1 aliphatic rings. The maximum Gasteiger partial charge on any atom is 0.335 e. The minimum Gasteiger partial charge on any atom is -0.450 e. The summed E-state index contributed by atoms with van der Waals surface area (Å²) in [5.41, 5.74) is 1.31. The van der Waals surface area contributed by atoms with Crippen LogP contribution in [0.25, 0.3) is 6.08 Å². The summed E-state index contributed by atoms with van der Waals surface area (Å²) >= 11 is 3.16. The number of carbonyl (C=O) groups excluding carboxylic acids is 3. The topological polar surface area (TPSA) is 79.6 Å². The van der Waals surface area contributed by atoms with Gasteiger partial charge in [-0.25, -0.2) is 9.69 Å². The normalized spacial score (nSPS) is 16.7. The van der Waals surface area contributed by atoms with Crippen molar-refractivity contribution in [2.24, 2.45) is 0 Å². The smallest absolute Gasteiger partial charge is 0.335 e. The van der Waals surface area contributed by atoms with Crippen LogP contribution in [-0.2, 0) is 9.59 Å². The van der Waals surface area contributed by atoms with Crippen molar-refractivity contribution in [2.75, 3.05) is 4.90 Å². The average Bonchev–Trinajstić information content (AvgIpc) is 2.97. The Morgan fingerprint density at radius 3 is 2.32 bits per heavy atom. The van der Waals surface area contributed by atoms with Crippen molar-refractivity contribution in [2.45, 2.75) is 19.8 Å². The second-order valence-corrected chi connectivity index (χ2v) is 6.63. The maximum absolute atomic E-state index is 12.7. The molecule has 0 spiro atoms. The van der Waals surface area contributed by atoms with Gasteiger partial charge in [-0.3, -0.25) is 14.9 Å². The molecular weight excluding hydrogens is 388 g/mol. The number of nitrogens with zero attached hydrogens (tertiary/aromatic N) is 1. The molecule has 3 rings (SSSR count). The summed E-state index contributed by atoms with van der Waals surface area (Å²) < 4.78 is 5.77. The number of nitrogens with one attached hydrogen (secondary N) is 1. The lowest BCUT2D eigenvalue weighted by molar-refractivity contribution is -0.122. The second-order valence-electron chi connectivity index (χ2n) is 5.85. The molecule has 6 nitrogen and oxygen atoms in total. The number of halogens is 1. The van der Waals surface area contributed by atoms with Crippen molar-refractivity contribution in [3.8, 4) is 0 Å². The maximum atomic E-state index is 12.7. The summed E-state index contributed by atoms with van der Waals surface area (Å²) in [6, 6.07) is 9.55. The molecule has 0 aliphatic carbocycles. The van der Waals surface area contributed by atoms with E-state index in [2.05, 4.69) is 35.1 Å². The van der Waals surface area contributed by atoms with Crippen LogP contribution in [-0.4, -0.2) is 17.8 Å². The number of amides is 4. The van der Waals surface area contributed by atoms with Crippen molar-refractivity contribution in [1.82, 2.24) is 5.32 Å². The molecule has 7 heteroatoms. The highest BCUT2D eigenvalue weighted by atomic mass is 79.9. The average molecular weight is 403 g/mol. The Kier molecular flexibility index (Phi) is 4.59. The molecule has 1 saturated heterocycles. The summed E-state index contributed by atoms with van der Waals surface area (Å²) in [5.74, 6) is -0.791. The Hall–Kier alpha value is -2.67. The van der Waals surface area contributed by atoms with Gasteiger partial charge in [-0.1, -0.05) is 26.0 Å². The van der Waals surface area contributed by atoms with Gasteiger partial charge in [0.2, 0.25) is 0 Å². The number of hydrogen-bond donors (Lipinski definition) is 1. The van der Waals surface area contributed by atoms with Gasteiger partial charge in [0, 0.05) is 0 Å². The Balaban J connectivity index is 1.96. The number of rotatable bonds is 3. The summed E-state index contributed by atoms with van der Waals surface area (Å²) in [7, 11) is 0. The summed E-state index contributed by atoms with van der Waals surface area (Å²) in [4.78, 5) is 37.8. The zero-order valence-electron chi connectivity index (χ0n) is 13.6. The molecule has 0 atom stereocenters. The standard InChI is InChI=1S/C18H15BrN2O4/c1-10(2)11-3-5-12(6-4-11)21-17(23)14(16(22)20-18(21)24)9-13-7-8-15(19)25-13/h3-10H,1-2H3,(H,20,22,24)/b14-9+. The van der Waals surface area contributed by atoms with E-state index in [9.17, 15) is 14.4 Å². The molecule has 0 unspecified atom stereocenters. The van der Waals surface area contributed by atoms with Crippen molar-refractivity contribution < 1.29 is 18.8 Å². The van der Waals surface area contributed by atoms with Gasteiger partial charge in [0.15, 0.2) is 4.67 Å². The molecule has 0 bridgehead atoms. The Labute approximate surface area is 152 Å². The van der Waals surface area contributed by atoms with Crippen molar-refractivity contribution >= 4 is 45.5 Å². The van der Waals surface area contributed by atoms with E-state index in [-0.39, 0.29) is 5.57 Å². The van der Waals surface area contributed by atoms with E-state index >= 15 is 0 Å². The lowest BCUT2D eigenvalue weighted by Crippen LogP contribution is -2.54. The predicted molar refractivity (Wildman–Crippen MR) is 95.9 cm³/mol. The van der Waals surface area contributed by atoms with Gasteiger partial charge in [0.1, 0.15) is 11.3 Å². The number of anilines is 1. The number of barbiturate groups is 1. The summed E-state index contributed by atoms with van der Waals surface area (Å²) in [6.07, 6.45) is 1.31. The fraction of sp³-hybridized carbons (Fsp3) is 0.167. The molecule has 4 amide bonds. The summed E-state index contributed by atoms with van der Waals surface area (Å²) in [5, 5.41) is 2.18. The zero-order chi connectivity index (χ0) is 18.1. The van der Waals surface area contributed by atoms with Crippen LogP contribution in [0.4, 0.5) is 10.5 Å². The first-order valence-corrected chi connectivity index (χ1v) is 8.43. The van der Waals surface area contributed by atoms with E-state index in [0.717, 1.165) is 10.5 Å². The lowest BCUT2D eigenvalue weighted by Gasteiger charge is -2.26. The third kappa shape index (κ3) is 3.41. The van der Waals surface area contributed by atoms with Crippen LogP contribution < -0.4 is 10.2 Å². The molecule has 1 aliphatic heterocycles. The number of furan rings is 1. The van der Waals surface area contributed by atoms with Gasteiger partial charge < -0.3 is 4.42 Å². The second kappa shape index (κ2) is 6.68. The summed E-state index contributed by atoms with van der Waals surface area (Å²) in [6.45, 7) is 4.10. The molecule has 25 heavy (non-hydrogen) atoms. The van der Waals surface area contributed by atoms with Crippen molar-refractivity contribution in [3.05, 3.63) is 58.0 Å². The fourth-order valence-electron chi connectivity index (χ4n) is 2.45. The van der Waals surface area contributed by atoms with Gasteiger partial charge in [-0.15, -0.1) is 0 Å². The highest BCUT2D eigenvalue weighted by molar-refractivity contribution is 9.10. The molecule has 0 saturated carbocycles. The van der Waals surface area contributed by atoms with Crippen LogP contribution in [0.5, 0.6) is 0 Å². The molecule has 2 aromatic rings. The third-order valence-electron chi connectivity index (χ3n) is 3.80. The van der Waals surface area contributed by atoms with E-state index in [1.54, 1.807) is 24.3 Å². The first-order chi connectivity index (χ1) is 11.9. The van der Waals surface area contributed by atoms with Gasteiger partial charge in [-0.05, 0) is 57.8 Å². The van der Waals surface area contributed by atoms with E-state index in [1.807, 2.05) is 12.1 Å². The number of imide groups is 2. The highest BCUT2D eigenvalue weighted by Crippen LogP contribution is 2.25. The number of urea groups is 1. The Morgan fingerprint density at radius 2 is 1.76 bits per heavy atom. The van der Waals surface area contributed by atoms with Crippen LogP contribution in [0.3, 0.4) is 0 Å². The predicted octanol–water partition coefficient (Wildman–Crippen LogP) is 3.83. The van der Waals surface area contributed by atoms with Gasteiger partial charge in [-0.2, -0.15) is 0 Å². The van der Waals surface area contributed by atoms with Crippen molar-refractivity contribution in [3.63, 3.8) is 0 Å². The van der Waals surface area contributed by atoms with Crippen molar-refractivity contribution in [1.29, 1.82) is 0 Å². The minimum atomic E-state index is -0.773. The molecular formula is C18H15BrN2O4. The van der Waals surface area contributed by atoms with Crippen LogP contribution in [0.1, 0.15) is 31.1 Å². The molecule has 1 aromatic heterocycles. The molecule has 1 fully saturated rings. The minimum absolute atomic E-state index is 0.172. The number of carbonyl (C=O) groups is 3. The van der Waals surface area contributed by atoms with E-state index < -0.39 is 17.8 Å². The monoisotopic (exact) mass is 402 g/mol. The Bertz CT molecular complexity index is 881. The lowest BCUT2D eigenvalue weighted by atomic mass is 10.0. The van der Waals surface area contributed by atoms with Gasteiger partial charge in [0.25, 0.3) is 11.8 Å². The van der Waals surface area contributed by atoms with E-state index in [0.29, 0.717) is 22.0 Å². The number of hydrogen-bond acceptors (Lipinski definition) is 4. The molecule has 128 valence electrons. The SMILES string of the molecule is CC(C)c1ccc(N2C(=O)NC(=O)/C(=C\c3ccc(Br)o3)C2=O)cc1. The van der Waals surface area contributed by atoms with E-state index in [1.165, 1.54) is 6.08 Å². The highest BCUT2D eigenvalue weighted by Gasteiger charge is 2.37. The fourth-order valence-corrected chi connectivity index (χ4v) is 2.77. The quantitative estimate of drug-likeness (QED) is 0.624. The first kappa shape index (κ1) is 17.2. The first-order valence-electron chi connectivity index (χ1n) is 7.63. The zero-order valence-corrected chi connectivity index (χ0v) is 15.2. The van der Waals surface area contributed by atoms with Crippen LogP contribution >= 0.6 is 15.9 Å². The van der Waals surface area contributed by atoms with Gasteiger partial charge in [0.05, 0.1) is 5.69 Å². The third-order valence-corrected chi connectivity index (χ3v) is 4.23. The van der Waals surface area contributed by atoms with E-state index in [4.69, 9.17) is 4.42 Å². The Morgan fingerprint density at radius 1 is 1.08 bits per heavy atom. The van der Waals surface area contributed by atoms with Crippen LogP contribution in [0, 0.1) is 0 Å². The molecule has 1 aromatic carbocycles. The number of benzene rings is 1. The van der Waals surface area contributed by atoms with Crippen LogP contribution in [0.2, 0.25) is 0 Å². The molecule has 2 heterocycles. The largest absolute Gasteiger partial charge is 0.450 e. The molecule has 1 N–H and O–H groups in total. The van der Waals surface area contributed by atoms with Crippen LogP contribution in [0.15, 0.2) is 51.1 Å². The molecule has 0 radical (unpaired) electrons. The van der Waals surface area contributed by atoms with Gasteiger partial charge >= 0.3 is 6.03 Å².